The van der Waals surface area contributed by atoms with Crippen molar-refractivity contribution in [1.82, 2.24) is 20.3 Å². The molecule has 2 rings (SSSR count). The standard InChI is InChI=1S/C13H22N4O2S/c1-13(2,3)19-12(18)17-6-4-5-10(8-17)9-20-11-7-14-16-15-11/h7,10H,4-6,8-9H2,1-3H3,(H,14,15,16)/t10-/m0/s1. The van der Waals surface area contributed by atoms with Gasteiger partial charge in [0.25, 0.3) is 0 Å². The summed E-state index contributed by atoms with van der Waals surface area (Å²) < 4.78 is 5.43. The van der Waals surface area contributed by atoms with Gasteiger partial charge in [-0.05, 0) is 39.5 Å². The molecule has 0 unspecified atom stereocenters. The van der Waals surface area contributed by atoms with E-state index in [0.29, 0.717) is 5.92 Å². The number of hydrogen-bond acceptors (Lipinski definition) is 5. The van der Waals surface area contributed by atoms with Crippen LogP contribution in [0.5, 0.6) is 0 Å². The van der Waals surface area contributed by atoms with Gasteiger partial charge in [-0.2, -0.15) is 10.3 Å². The molecule has 1 amide bonds. The molecule has 20 heavy (non-hydrogen) atoms. The highest BCUT2D eigenvalue weighted by atomic mass is 32.2. The minimum Gasteiger partial charge on any atom is -0.444 e. The van der Waals surface area contributed by atoms with Crippen LogP contribution in [0.25, 0.3) is 0 Å². The van der Waals surface area contributed by atoms with E-state index in [1.165, 1.54) is 0 Å². The van der Waals surface area contributed by atoms with E-state index in [9.17, 15) is 4.79 Å². The zero-order valence-corrected chi connectivity index (χ0v) is 13.1. The van der Waals surface area contributed by atoms with Crippen LogP contribution >= 0.6 is 11.8 Å². The number of H-pyrrole nitrogens is 1. The second-order valence-corrected chi connectivity index (χ2v) is 7.09. The Morgan fingerprint density at radius 3 is 3.05 bits per heavy atom. The first-order chi connectivity index (χ1) is 9.44. The average molecular weight is 298 g/mol. The Morgan fingerprint density at radius 1 is 1.60 bits per heavy atom. The van der Waals surface area contributed by atoms with E-state index >= 15 is 0 Å². The molecule has 7 heteroatoms. The molecular formula is C13H22N4O2S. The van der Waals surface area contributed by atoms with Gasteiger partial charge in [0, 0.05) is 18.8 Å². The van der Waals surface area contributed by atoms with Gasteiger partial charge < -0.3 is 9.64 Å². The van der Waals surface area contributed by atoms with E-state index < -0.39 is 5.60 Å². The van der Waals surface area contributed by atoms with Gasteiger partial charge in [0.2, 0.25) is 0 Å². The lowest BCUT2D eigenvalue weighted by Crippen LogP contribution is -2.43. The average Bonchev–Trinajstić information content (AvgIpc) is 2.88. The molecule has 1 aliphatic rings. The maximum atomic E-state index is 12.1. The van der Waals surface area contributed by atoms with Gasteiger partial charge in [-0.3, -0.25) is 0 Å². The van der Waals surface area contributed by atoms with Crippen LogP contribution in [0.15, 0.2) is 11.2 Å². The van der Waals surface area contributed by atoms with E-state index in [1.807, 2.05) is 25.7 Å². The van der Waals surface area contributed by atoms with E-state index in [4.69, 9.17) is 4.74 Å². The van der Waals surface area contributed by atoms with Crippen molar-refractivity contribution >= 4 is 17.9 Å². The highest BCUT2D eigenvalue weighted by Gasteiger charge is 2.27. The monoisotopic (exact) mass is 298 g/mol. The lowest BCUT2D eigenvalue weighted by molar-refractivity contribution is 0.0177. The van der Waals surface area contributed by atoms with Crippen LogP contribution in [0.1, 0.15) is 33.6 Å². The summed E-state index contributed by atoms with van der Waals surface area (Å²) >= 11 is 1.68. The van der Waals surface area contributed by atoms with Crippen LogP contribution in [0.2, 0.25) is 0 Å². The third-order valence-electron chi connectivity index (χ3n) is 3.03. The number of hydrogen-bond donors (Lipinski definition) is 1. The minimum atomic E-state index is -0.431. The number of ether oxygens (including phenoxy) is 1. The van der Waals surface area contributed by atoms with Gasteiger partial charge in [0.05, 0.1) is 6.20 Å². The number of thioether (sulfide) groups is 1. The zero-order chi connectivity index (χ0) is 14.6. The summed E-state index contributed by atoms with van der Waals surface area (Å²) in [5.41, 5.74) is -0.431. The largest absolute Gasteiger partial charge is 0.444 e. The number of amides is 1. The van der Waals surface area contributed by atoms with Crippen LogP contribution in [0, 0.1) is 5.92 Å². The molecule has 112 valence electrons. The highest BCUT2D eigenvalue weighted by molar-refractivity contribution is 7.99. The SMILES string of the molecule is CC(C)(C)OC(=O)N1CCC[C@H](CSc2cn[nH]n2)C1. The number of aromatic nitrogens is 3. The van der Waals surface area contributed by atoms with Crippen molar-refractivity contribution in [3.05, 3.63) is 6.20 Å². The Bertz CT molecular complexity index is 430. The van der Waals surface area contributed by atoms with Gasteiger partial charge in [0.1, 0.15) is 10.6 Å². The van der Waals surface area contributed by atoms with Crippen molar-refractivity contribution in [2.45, 2.75) is 44.2 Å². The summed E-state index contributed by atoms with van der Waals surface area (Å²) in [6, 6.07) is 0. The summed E-state index contributed by atoms with van der Waals surface area (Å²) in [6.45, 7) is 7.24. The quantitative estimate of drug-likeness (QED) is 0.868. The smallest absolute Gasteiger partial charge is 0.410 e. The minimum absolute atomic E-state index is 0.200. The number of carbonyl (C=O) groups is 1. The molecule has 0 bridgehead atoms. The molecule has 1 fully saturated rings. The number of nitrogens with one attached hydrogen (secondary N) is 1. The maximum absolute atomic E-state index is 12.1. The fourth-order valence-electron chi connectivity index (χ4n) is 2.16. The predicted octanol–water partition coefficient (Wildman–Crippen LogP) is 2.54. The molecule has 6 nitrogen and oxygen atoms in total. The molecule has 0 aromatic carbocycles. The molecule has 1 saturated heterocycles. The number of nitrogens with zero attached hydrogens (tertiary/aromatic N) is 3. The molecule has 1 atom stereocenters. The lowest BCUT2D eigenvalue weighted by atomic mass is 10.0. The van der Waals surface area contributed by atoms with Crippen molar-refractivity contribution < 1.29 is 9.53 Å². The predicted molar refractivity (Wildman–Crippen MR) is 77.6 cm³/mol. The number of carbonyl (C=O) groups excluding carboxylic acids is 1. The number of likely N-dealkylation sites (tertiary alicyclic amines) is 1. The normalized spacial score (nSPS) is 19.9. The molecule has 1 aliphatic heterocycles. The number of aromatic amines is 1. The Morgan fingerprint density at radius 2 is 2.40 bits per heavy atom. The summed E-state index contributed by atoms with van der Waals surface area (Å²) in [5.74, 6) is 1.43. The third-order valence-corrected chi connectivity index (χ3v) is 4.16. The van der Waals surface area contributed by atoms with Crippen LogP contribution in [-0.4, -0.2) is 50.8 Å². The fraction of sp³-hybridized carbons (Fsp3) is 0.769. The Balaban J connectivity index is 1.80. The second-order valence-electron chi connectivity index (χ2n) is 6.05. The fourth-order valence-corrected chi connectivity index (χ4v) is 3.07. The molecule has 0 spiro atoms. The first-order valence-corrected chi connectivity index (χ1v) is 7.89. The van der Waals surface area contributed by atoms with Crippen molar-refractivity contribution in [2.75, 3.05) is 18.8 Å². The topological polar surface area (TPSA) is 71.1 Å². The second kappa shape index (κ2) is 6.47. The van der Waals surface area contributed by atoms with Gasteiger partial charge in [-0.15, -0.1) is 16.9 Å². The van der Waals surface area contributed by atoms with Crippen molar-refractivity contribution in [3.63, 3.8) is 0 Å². The first-order valence-electron chi connectivity index (χ1n) is 6.90. The van der Waals surface area contributed by atoms with Crippen LogP contribution < -0.4 is 0 Å². The molecule has 0 aliphatic carbocycles. The highest BCUT2D eigenvalue weighted by Crippen LogP contribution is 2.25. The van der Waals surface area contributed by atoms with Gasteiger partial charge >= 0.3 is 6.09 Å². The summed E-state index contributed by atoms with van der Waals surface area (Å²) in [7, 11) is 0. The first kappa shape index (κ1) is 15.2. The van der Waals surface area contributed by atoms with E-state index in [0.717, 1.165) is 36.7 Å². The summed E-state index contributed by atoms with van der Waals surface area (Å²) in [6.07, 6.45) is 3.70. The molecule has 1 aromatic rings. The molecule has 0 radical (unpaired) electrons. The Hall–Kier alpha value is -1.24. The van der Waals surface area contributed by atoms with Crippen molar-refractivity contribution in [1.29, 1.82) is 0 Å². The molecule has 1 aromatic heterocycles. The van der Waals surface area contributed by atoms with E-state index in [1.54, 1.807) is 18.0 Å². The Kier molecular flexibility index (Phi) is 4.91. The summed E-state index contributed by atoms with van der Waals surface area (Å²) in [5, 5.41) is 11.3. The molecule has 2 heterocycles. The van der Waals surface area contributed by atoms with E-state index in [-0.39, 0.29) is 6.09 Å². The maximum Gasteiger partial charge on any atom is 0.410 e. The van der Waals surface area contributed by atoms with Crippen LogP contribution in [0.3, 0.4) is 0 Å². The van der Waals surface area contributed by atoms with Crippen LogP contribution in [-0.2, 0) is 4.74 Å². The third kappa shape index (κ3) is 4.70. The molecular weight excluding hydrogens is 276 g/mol. The number of rotatable bonds is 3. The number of piperidine rings is 1. The van der Waals surface area contributed by atoms with Gasteiger partial charge in [-0.25, -0.2) is 4.79 Å². The van der Waals surface area contributed by atoms with Gasteiger partial charge in [-0.1, -0.05) is 0 Å². The summed E-state index contributed by atoms with van der Waals surface area (Å²) in [4.78, 5) is 13.9. The zero-order valence-electron chi connectivity index (χ0n) is 12.3. The van der Waals surface area contributed by atoms with Gasteiger partial charge in [0.15, 0.2) is 0 Å². The Labute approximate surface area is 123 Å². The van der Waals surface area contributed by atoms with E-state index in [2.05, 4.69) is 15.4 Å². The van der Waals surface area contributed by atoms with Crippen molar-refractivity contribution in [3.8, 4) is 0 Å². The molecule has 0 saturated carbocycles. The molecule has 1 N–H and O–H groups in total. The lowest BCUT2D eigenvalue weighted by Gasteiger charge is -2.33. The van der Waals surface area contributed by atoms with Crippen molar-refractivity contribution in [2.24, 2.45) is 5.92 Å². The van der Waals surface area contributed by atoms with Crippen LogP contribution in [0.4, 0.5) is 4.79 Å².